The van der Waals surface area contributed by atoms with Crippen LogP contribution in [0.2, 0.25) is 0 Å². The van der Waals surface area contributed by atoms with Gasteiger partial charge in [-0.3, -0.25) is 4.90 Å². The summed E-state index contributed by atoms with van der Waals surface area (Å²) in [6, 6.07) is 18.6. The van der Waals surface area contributed by atoms with E-state index in [2.05, 4.69) is 60.0 Å². The second-order valence-corrected chi connectivity index (χ2v) is 5.78. The number of hydrogen-bond donors (Lipinski definition) is 0. The highest BCUT2D eigenvalue weighted by Gasteiger charge is 2.05. The molecule has 0 saturated carbocycles. The molecular weight excluding hydrogens is 310 g/mol. The molecule has 0 aliphatic heterocycles. The predicted octanol–water partition coefficient (Wildman–Crippen LogP) is 4.41. The molecule has 0 unspecified atom stereocenters. The van der Waals surface area contributed by atoms with Crippen molar-refractivity contribution in [3.63, 3.8) is 0 Å². The van der Waals surface area contributed by atoms with E-state index in [9.17, 15) is 0 Å². The monoisotopic (exact) mass is 337 g/mol. The standard InChI is InChI=1S/C22H27NO2/c1-3-17-25-22-13-11-21(12-14-22)19-23(16-18-24-2)15-7-10-20-8-5-4-6-9-20/h3-14H,1,15-19H2,2H3. The summed E-state index contributed by atoms with van der Waals surface area (Å²) in [6.07, 6.45) is 6.11. The van der Waals surface area contributed by atoms with Crippen molar-refractivity contribution in [1.29, 1.82) is 0 Å². The van der Waals surface area contributed by atoms with Crippen molar-refractivity contribution in [2.24, 2.45) is 0 Å². The van der Waals surface area contributed by atoms with Crippen LogP contribution in [0.1, 0.15) is 11.1 Å². The summed E-state index contributed by atoms with van der Waals surface area (Å²) in [7, 11) is 1.74. The lowest BCUT2D eigenvalue weighted by Crippen LogP contribution is -2.27. The smallest absolute Gasteiger partial charge is 0.119 e. The topological polar surface area (TPSA) is 21.7 Å². The second kappa shape index (κ2) is 11.2. The highest BCUT2D eigenvalue weighted by molar-refractivity contribution is 5.48. The molecule has 3 heteroatoms. The van der Waals surface area contributed by atoms with E-state index in [0.717, 1.165) is 32.0 Å². The van der Waals surface area contributed by atoms with Gasteiger partial charge in [0.05, 0.1) is 6.61 Å². The van der Waals surface area contributed by atoms with Gasteiger partial charge >= 0.3 is 0 Å². The van der Waals surface area contributed by atoms with E-state index in [0.29, 0.717) is 6.61 Å². The van der Waals surface area contributed by atoms with Crippen LogP contribution in [0, 0.1) is 0 Å². The van der Waals surface area contributed by atoms with Crippen molar-refractivity contribution >= 4 is 6.08 Å². The number of hydrogen-bond acceptors (Lipinski definition) is 3. The SMILES string of the molecule is C=CCOc1ccc(CN(CC=Cc2ccccc2)CCOC)cc1. The van der Waals surface area contributed by atoms with Gasteiger partial charge in [0.15, 0.2) is 0 Å². The highest BCUT2D eigenvalue weighted by Crippen LogP contribution is 2.14. The normalized spacial score (nSPS) is 11.1. The second-order valence-electron chi connectivity index (χ2n) is 5.78. The van der Waals surface area contributed by atoms with Crippen LogP contribution in [0.15, 0.2) is 73.3 Å². The van der Waals surface area contributed by atoms with Gasteiger partial charge in [-0.25, -0.2) is 0 Å². The van der Waals surface area contributed by atoms with E-state index in [1.165, 1.54) is 11.1 Å². The van der Waals surface area contributed by atoms with Crippen LogP contribution in [0.3, 0.4) is 0 Å². The third-order valence-electron chi connectivity index (χ3n) is 3.78. The quantitative estimate of drug-likeness (QED) is 0.567. The first-order valence-electron chi connectivity index (χ1n) is 8.57. The summed E-state index contributed by atoms with van der Waals surface area (Å²) in [5.41, 5.74) is 2.48. The molecule has 25 heavy (non-hydrogen) atoms. The summed E-state index contributed by atoms with van der Waals surface area (Å²) in [5.74, 6) is 0.871. The molecular formula is C22H27NO2. The molecule has 0 heterocycles. The zero-order valence-electron chi connectivity index (χ0n) is 14.9. The Balaban J connectivity index is 1.92. The van der Waals surface area contributed by atoms with Gasteiger partial charge in [-0.05, 0) is 23.3 Å². The number of ether oxygens (including phenoxy) is 2. The number of benzene rings is 2. The van der Waals surface area contributed by atoms with Gasteiger partial charge in [0.1, 0.15) is 12.4 Å². The molecule has 0 bridgehead atoms. The van der Waals surface area contributed by atoms with Crippen molar-refractivity contribution < 1.29 is 9.47 Å². The molecule has 132 valence electrons. The van der Waals surface area contributed by atoms with Gasteiger partial charge in [0, 0.05) is 26.7 Å². The maximum absolute atomic E-state index is 5.53. The first-order valence-corrected chi connectivity index (χ1v) is 8.57. The summed E-state index contributed by atoms with van der Waals surface area (Å²) < 4.78 is 10.8. The summed E-state index contributed by atoms with van der Waals surface area (Å²) >= 11 is 0. The molecule has 0 saturated heterocycles. The van der Waals surface area contributed by atoms with Gasteiger partial charge in [-0.2, -0.15) is 0 Å². The molecule has 0 atom stereocenters. The van der Waals surface area contributed by atoms with Gasteiger partial charge in [-0.1, -0.05) is 67.3 Å². The third kappa shape index (κ3) is 7.38. The minimum absolute atomic E-state index is 0.531. The summed E-state index contributed by atoms with van der Waals surface area (Å²) in [5, 5.41) is 0. The maximum atomic E-state index is 5.53. The van der Waals surface area contributed by atoms with E-state index in [1.807, 2.05) is 18.2 Å². The molecule has 0 spiro atoms. The molecule has 0 amide bonds. The molecule has 0 aliphatic rings. The lowest BCUT2D eigenvalue weighted by Gasteiger charge is -2.20. The van der Waals surface area contributed by atoms with E-state index >= 15 is 0 Å². The first kappa shape index (κ1) is 19.0. The van der Waals surface area contributed by atoms with Crippen LogP contribution >= 0.6 is 0 Å². The fourth-order valence-electron chi connectivity index (χ4n) is 2.46. The summed E-state index contributed by atoms with van der Waals surface area (Å²) in [6.45, 7) is 7.57. The van der Waals surface area contributed by atoms with E-state index in [1.54, 1.807) is 13.2 Å². The molecule has 0 radical (unpaired) electrons. The molecule has 3 nitrogen and oxygen atoms in total. The van der Waals surface area contributed by atoms with Crippen molar-refractivity contribution in [1.82, 2.24) is 4.90 Å². The van der Waals surface area contributed by atoms with Crippen LogP contribution in [0.4, 0.5) is 0 Å². The Morgan fingerprint density at radius 2 is 1.80 bits per heavy atom. The number of rotatable bonds is 11. The Labute approximate surface area is 151 Å². The molecule has 0 aromatic heterocycles. The Kier molecular flexibility index (Phi) is 8.53. The maximum Gasteiger partial charge on any atom is 0.119 e. The van der Waals surface area contributed by atoms with Crippen molar-refractivity contribution in [3.8, 4) is 5.75 Å². The fourth-order valence-corrected chi connectivity index (χ4v) is 2.46. The van der Waals surface area contributed by atoms with Crippen LogP contribution in [0.25, 0.3) is 6.08 Å². The first-order chi connectivity index (χ1) is 12.3. The molecule has 0 N–H and O–H groups in total. The van der Waals surface area contributed by atoms with Crippen molar-refractivity contribution in [2.75, 3.05) is 33.4 Å². The Bertz CT molecular complexity index is 635. The number of methoxy groups -OCH3 is 1. The van der Waals surface area contributed by atoms with E-state index < -0.39 is 0 Å². The van der Waals surface area contributed by atoms with Gasteiger partial charge in [0.2, 0.25) is 0 Å². The van der Waals surface area contributed by atoms with Gasteiger partial charge < -0.3 is 9.47 Å². The zero-order chi connectivity index (χ0) is 17.7. The minimum Gasteiger partial charge on any atom is -0.490 e. The zero-order valence-corrected chi connectivity index (χ0v) is 14.9. The van der Waals surface area contributed by atoms with Gasteiger partial charge in [-0.15, -0.1) is 0 Å². The largest absolute Gasteiger partial charge is 0.490 e. The lowest BCUT2D eigenvalue weighted by atomic mass is 10.2. The van der Waals surface area contributed by atoms with Crippen LogP contribution in [0.5, 0.6) is 5.75 Å². The van der Waals surface area contributed by atoms with Crippen molar-refractivity contribution in [2.45, 2.75) is 6.54 Å². The molecule has 2 aromatic carbocycles. The van der Waals surface area contributed by atoms with Crippen LogP contribution < -0.4 is 4.74 Å². The van der Waals surface area contributed by atoms with Gasteiger partial charge in [0.25, 0.3) is 0 Å². The fraction of sp³-hybridized carbons (Fsp3) is 0.273. The van der Waals surface area contributed by atoms with E-state index in [-0.39, 0.29) is 0 Å². The lowest BCUT2D eigenvalue weighted by molar-refractivity contribution is 0.151. The minimum atomic E-state index is 0.531. The number of nitrogens with zero attached hydrogens (tertiary/aromatic N) is 1. The molecule has 2 rings (SSSR count). The van der Waals surface area contributed by atoms with Crippen molar-refractivity contribution in [3.05, 3.63) is 84.5 Å². The van der Waals surface area contributed by atoms with Crippen LogP contribution in [-0.2, 0) is 11.3 Å². The summed E-state index contributed by atoms with van der Waals surface area (Å²) in [4.78, 5) is 2.36. The molecule has 0 fully saturated rings. The Morgan fingerprint density at radius 1 is 1.04 bits per heavy atom. The average Bonchev–Trinajstić information content (AvgIpc) is 2.66. The molecule has 2 aromatic rings. The Hall–Kier alpha value is -2.36. The highest BCUT2D eigenvalue weighted by atomic mass is 16.5. The van der Waals surface area contributed by atoms with Crippen LogP contribution in [-0.4, -0.2) is 38.3 Å². The molecule has 0 aliphatic carbocycles. The Morgan fingerprint density at radius 3 is 2.48 bits per heavy atom. The third-order valence-corrected chi connectivity index (χ3v) is 3.78. The predicted molar refractivity (Wildman–Crippen MR) is 105 cm³/mol. The van der Waals surface area contributed by atoms with E-state index in [4.69, 9.17) is 9.47 Å². The average molecular weight is 337 g/mol.